The zero-order valence-electron chi connectivity index (χ0n) is 16.9. The molecule has 0 aliphatic heterocycles. The minimum Gasteiger partial charge on any atom is -0.494 e. The number of hydrogen-bond donors (Lipinski definition) is 1. The summed E-state index contributed by atoms with van der Waals surface area (Å²) in [5.41, 5.74) is 2.87. The van der Waals surface area contributed by atoms with E-state index in [1.165, 1.54) is 17.4 Å². The van der Waals surface area contributed by atoms with Crippen LogP contribution in [0.3, 0.4) is 0 Å². The molecule has 6 heteroatoms. The van der Waals surface area contributed by atoms with Crippen LogP contribution in [0.5, 0.6) is 5.75 Å². The van der Waals surface area contributed by atoms with Gasteiger partial charge < -0.3 is 14.8 Å². The highest BCUT2D eigenvalue weighted by Gasteiger charge is 2.22. The van der Waals surface area contributed by atoms with E-state index in [2.05, 4.69) is 5.32 Å². The molecule has 30 heavy (non-hydrogen) atoms. The summed E-state index contributed by atoms with van der Waals surface area (Å²) in [4.78, 5) is 25.0. The van der Waals surface area contributed by atoms with Gasteiger partial charge in [-0.1, -0.05) is 42.5 Å². The van der Waals surface area contributed by atoms with Gasteiger partial charge >= 0.3 is 5.97 Å². The lowest BCUT2D eigenvalue weighted by molar-refractivity contribution is -0.111. The summed E-state index contributed by atoms with van der Waals surface area (Å²) < 4.78 is 10.6. The highest BCUT2D eigenvalue weighted by molar-refractivity contribution is 7.15. The molecule has 0 aliphatic rings. The van der Waals surface area contributed by atoms with Crippen molar-refractivity contribution in [2.24, 2.45) is 0 Å². The Morgan fingerprint density at radius 3 is 2.40 bits per heavy atom. The van der Waals surface area contributed by atoms with E-state index in [9.17, 15) is 9.59 Å². The monoisotopic (exact) mass is 421 g/mol. The van der Waals surface area contributed by atoms with Crippen molar-refractivity contribution < 1.29 is 19.1 Å². The maximum atomic E-state index is 12.6. The summed E-state index contributed by atoms with van der Waals surface area (Å²) in [6.45, 7) is 4.54. The molecule has 0 radical (unpaired) electrons. The molecule has 0 unspecified atom stereocenters. The van der Waals surface area contributed by atoms with Gasteiger partial charge in [0.25, 0.3) is 0 Å². The van der Waals surface area contributed by atoms with Gasteiger partial charge in [-0.2, -0.15) is 0 Å². The lowest BCUT2D eigenvalue weighted by Crippen LogP contribution is -2.12. The first-order valence-corrected chi connectivity index (χ1v) is 10.6. The Labute approximate surface area is 180 Å². The molecule has 5 nitrogen and oxygen atoms in total. The van der Waals surface area contributed by atoms with Crippen LogP contribution in [0.4, 0.5) is 5.00 Å². The molecule has 154 valence electrons. The molecule has 0 bridgehead atoms. The van der Waals surface area contributed by atoms with Gasteiger partial charge in [0.1, 0.15) is 16.3 Å². The van der Waals surface area contributed by atoms with Crippen molar-refractivity contribution in [3.63, 3.8) is 0 Å². The van der Waals surface area contributed by atoms with E-state index in [-0.39, 0.29) is 12.5 Å². The van der Waals surface area contributed by atoms with E-state index in [0.717, 1.165) is 22.4 Å². The smallest absolute Gasteiger partial charge is 0.341 e. The van der Waals surface area contributed by atoms with Crippen LogP contribution in [0.15, 0.2) is 66.1 Å². The third-order valence-electron chi connectivity index (χ3n) is 4.21. The van der Waals surface area contributed by atoms with Gasteiger partial charge in [0.05, 0.1) is 13.2 Å². The molecule has 1 amide bonds. The van der Waals surface area contributed by atoms with Gasteiger partial charge in [-0.15, -0.1) is 11.3 Å². The Kier molecular flexibility index (Phi) is 7.40. The molecular formula is C24H23NO4S. The minimum atomic E-state index is -0.455. The predicted octanol–water partition coefficient (Wildman–Crippen LogP) is 5.64. The molecule has 1 aromatic heterocycles. The number of carbonyl (C=O) groups is 2. The van der Waals surface area contributed by atoms with Crippen molar-refractivity contribution >= 4 is 34.3 Å². The van der Waals surface area contributed by atoms with Crippen molar-refractivity contribution in [1.29, 1.82) is 0 Å². The van der Waals surface area contributed by atoms with Crippen molar-refractivity contribution in [3.8, 4) is 16.9 Å². The second-order valence-corrected chi connectivity index (χ2v) is 7.14. The SMILES string of the molecule is CCOC(=O)c1c(-c2ccccc2)csc1NC(=O)C=Cc1ccc(OCC)cc1. The minimum absolute atomic E-state index is 0.258. The number of rotatable bonds is 8. The van der Waals surface area contributed by atoms with Crippen molar-refractivity contribution in [1.82, 2.24) is 0 Å². The highest BCUT2D eigenvalue weighted by atomic mass is 32.1. The molecule has 0 saturated heterocycles. The number of anilines is 1. The third kappa shape index (κ3) is 5.36. The number of nitrogens with one attached hydrogen (secondary N) is 1. The molecule has 2 aromatic carbocycles. The standard InChI is InChI=1S/C24H23NO4S/c1-3-28-19-13-10-17(11-14-19)12-15-21(26)25-23-22(24(27)29-4-2)20(16-30-23)18-8-6-5-7-9-18/h5-16H,3-4H2,1-2H3,(H,25,26). The summed E-state index contributed by atoms with van der Waals surface area (Å²) in [7, 11) is 0. The molecule has 0 fully saturated rings. The van der Waals surface area contributed by atoms with Gasteiger partial charge in [0.15, 0.2) is 0 Å². The van der Waals surface area contributed by atoms with E-state index in [4.69, 9.17) is 9.47 Å². The van der Waals surface area contributed by atoms with E-state index in [1.807, 2.05) is 66.9 Å². The number of carbonyl (C=O) groups excluding carboxylic acids is 2. The predicted molar refractivity (Wildman–Crippen MR) is 121 cm³/mol. The fourth-order valence-corrected chi connectivity index (χ4v) is 3.81. The van der Waals surface area contributed by atoms with Crippen molar-refractivity contribution in [2.75, 3.05) is 18.5 Å². The van der Waals surface area contributed by atoms with E-state index in [1.54, 1.807) is 13.0 Å². The van der Waals surface area contributed by atoms with Crippen LogP contribution in [0.1, 0.15) is 29.8 Å². The Morgan fingerprint density at radius 2 is 1.73 bits per heavy atom. The first-order valence-electron chi connectivity index (χ1n) is 9.68. The molecule has 3 rings (SSSR count). The highest BCUT2D eigenvalue weighted by Crippen LogP contribution is 2.36. The number of amides is 1. The number of hydrogen-bond acceptors (Lipinski definition) is 5. The number of benzene rings is 2. The molecule has 1 heterocycles. The number of thiophene rings is 1. The lowest BCUT2D eigenvalue weighted by atomic mass is 10.0. The molecule has 0 spiro atoms. The first-order chi connectivity index (χ1) is 14.6. The molecule has 1 N–H and O–H groups in total. The van der Waals surface area contributed by atoms with Crippen LogP contribution in [0, 0.1) is 0 Å². The zero-order valence-corrected chi connectivity index (χ0v) is 17.7. The summed E-state index contributed by atoms with van der Waals surface area (Å²) in [6.07, 6.45) is 3.15. The van der Waals surface area contributed by atoms with Crippen LogP contribution in [-0.2, 0) is 9.53 Å². The van der Waals surface area contributed by atoms with Crippen LogP contribution in [0.25, 0.3) is 17.2 Å². The van der Waals surface area contributed by atoms with Gasteiger partial charge in [0.2, 0.25) is 5.91 Å². The Balaban J connectivity index is 1.79. The van der Waals surface area contributed by atoms with E-state index < -0.39 is 5.97 Å². The molecule has 3 aromatic rings. The van der Waals surface area contributed by atoms with E-state index >= 15 is 0 Å². The fraction of sp³-hybridized carbons (Fsp3) is 0.167. The van der Waals surface area contributed by atoms with Crippen LogP contribution < -0.4 is 10.1 Å². The van der Waals surface area contributed by atoms with Crippen LogP contribution >= 0.6 is 11.3 Å². The van der Waals surface area contributed by atoms with Gasteiger partial charge in [-0.3, -0.25) is 4.79 Å². The summed E-state index contributed by atoms with van der Waals surface area (Å²) >= 11 is 1.30. The first kappa shape index (κ1) is 21.3. The molecule has 0 saturated carbocycles. The average molecular weight is 422 g/mol. The van der Waals surface area contributed by atoms with Crippen molar-refractivity contribution in [2.45, 2.75) is 13.8 Å². The van der Waals surface area contributed by atoms with Crippen LogP contribution in [0.2, 0.25) is 0 Å². The summed E-state index contributed by atoms with van der Waals surface area (Å²) in [6, 6.07) is 17.0. The maximum absolute atomic E-state index is 12.6. The van der Waals surface area contributed by atoms with E-state index in [0.29, 0.717) is 17.2 Å². The molecule has 0 atom stereocenters. The largest absolute Gasteiger partial charge is 0.494 e. The van der Waals surface area contributed by atoms with Crippen LogP contribution in [-0.4, -0.2) is 25.1 Å². The lowest BCUT2D eigenvalue weighted by Gasteiger charge is -2.08. The second kappa shape index (κ2) is 10.4. The second-order valence-electron chi connectivity index (χ2n) is 6.26. The van der Waals surface area contributed by atoms with Crippen molar-refractivity contribution in [3.05, 3.63) is 77.2 Å². The Hall–Kier alpha value is -3.38. The quantitative estimate of drug-likeness (QED) is 0.377. The normalized spacial score (nSPS) is 10.7. The number of ether oxygens (including phenoxy) is 2. The third-order valence-corrected chi connectivity index (χ3v) is 5.11. The van der Waals surface area contributed by atoms with Gasteiger partial charge in [-0.25, -0.2) is 4.79 Å². The molecular weight excluding hydrogens is 398 g/mol. The molecule has 0 aliphatic carbocycles. The summed E-state index contributed by atoms with van der Waals surface area (Å²) in [5, 5.41) is 5.13. The summed E-state index contributed by atoms with van der Waals surface area (Å²) in [5.74, 6) is 0.00416. The Bertz CT molecular complexity index is 1020. The number of esters is 1. The fourth-order valence-electron chi connectivity index (χ4n) is 2.85. The van der Waals surface area contributed by atoms with Gasteiger partial charge in [0, 0.05) is 17.0 Å². The zero-order chi connectivity index (χ0) is 21.3. The average Bonchev–Trinajstić information content (AvgIpc) is 3.18. The van der Waals surface area contributed by atoms with Gasteiger partial charge in [-0.05, 0) is 43.2 Å². The maximum Gasteiger partial charge on any atom is 0.341 e. The topological polar surface area (TPSA) is 64.6 Å². The Morgan fingerprint density at radius 1 is 1.00 bits per heavy atom.